The molecule has 1 aliphatic carbocycles. The molecule has 0 spiro atoms. The van der Waals surface area contributed by atoms with E-state index in [-0.39, 0.29) is 0 Å². The molecule has 1 saturated carbocycles. The number of hydrogen-bond donors (Lipinski definition) is 1. The van der Waals surface area contributed by atoms with Crippen molar-refractivity contribution >= 4 is 5.69 Å². The summed E-state index contributed by atoms with van der Waals surface area (Å²) in [7, 11) is 1.74. The molecule has 2 unspecified atom stereocenters. The standard InChI is InChI=1S/C17H27NO/c1-13-8-16(11-17(2,3)10-13)18-15-7-5-6-14(9-15)12-19-4/h5-7,9,13,16,18H,8,10-12H2,1-4H3. The van der Waals surface area contributed by atoms with E-state index >= 15 is 0 Å². The lowest BCUT2D eigenvalue weighted by atomic mass is 9.70. The van der Waals surface area contributed by atoms with E-state index in [0.717, 1.165) is 5.92 Å². The van der Waals surface area contributed by atoms with Crippen LogP contribution in [0.2, 0.25) is 0 Å². The van der Waals surface area contributed by atoms with Crippen LogP contribution in [0.3, 0.4) is 0 Å². The van der Waals surface area contributed by atoms with E-state index in [2.05, 4.69) is 50.4 Å². The van der Waals surface area contributed by atoms with Crippen molar-refractivity contribution in [3.05, 3.63) is 29.8 Å². The number of nitrogens with one attached hydrogen (secondary N) is 1. The minimum atomic E-state index is 0.458. The summed E-state index contributed by atoms with van der Waals surface area (Å²) in [6, 6.07) is 9.17. The fraction of sp³-hybridized carbons (Fsp3) is 0.647. The first-order valence-corrected chi connectivity index (χ1v) is 7.33. The Morgan fingerprint density at radius 2 is 2.11 bits per heavy atom. The van der Waals surface area contributed by atoms with Crippen LogP contribution < -0.4 is 5.32 Å². The van der Waals surface area contributed by atoms with Gasteiger partial charge in [0.25, 0.3) is 0 Å². The molecule has 1 N–H and O–H groups in total. The van der Waals surface area contributed by atoms with Gasteiger partial charge < -0.3 is 10.1 Å². The molecule has 2 atom stereocenters. The maximum atomic E-state index is 5.20. The lowest BCUT2D eigenvalue weighted by Gasteiger charge is -2.39. The predicted octanol–water partition coefficient (Wildman–Crippen LogP) is 4.46. The van der Waals surface area contributed by atoms with Gasteiger partial charge in [0.2, 0.25) is 0 Å². The topological polar surface area (TPSA) is 21.3 Å². The minimum absolute atomic E-state index is 0.458. The summed E-state index contributed by atoms with van der Waals surface area (Å²) < 4.78 is 5.20. The highest BCUT2D eigenvalue weighted by atomic mass is 16.5. The average molecular weight is 261 g/mol. The molecule has 0 bridgehead atoms. The van der Waals surface area contributed by atoms with Gasteiger partial charge in [0, 0.05) is 18.8 Å². The van der Waals surface area contributed by atoms with E-state index in [0.29, 0.717) is 18.1 Å². The summed E-state index contributed by atoms with van der Waals surface area (Å²) in [6.45, 7) is 7.83. The summed E-state index contributed by atoms with van der Waals surface area (Å²) >= 11 is 0. The maximum absolute atomic E-state index is 5.20. The van der Waals surface area contributed by atoms with E-state index < -0.39 is 0 Å². The Bertz CT molecular complexity index is 413. The molecule has 2 heteroatoms. The molecular weight excluding hydrogens is 234 g/mol. The number of methoxy groups -OCH3 is 1. The Hall–Kier alpha value is -1.02. The van der Waals surface area contributed by atoms with Crippen molar-refractivity contribution in [1.82, 2.24) is 0 Å². The van der Waals surface area contributed by atoms with Gasteiger partial charge in [-0.15, -0.1) is 0 Å². The second-order valence-corrected chi connectivity index (χ2v) is 6.89. The fourth-order valence-electron chi connectivity index (χ4n) is 3.61. The van der Waals surface area contributed by atoms with Gasteiger partial charge in [-0.3, -0.25) is 0 Å². The van der Waals surface area contributed by atoms with Crippen molar-refractivity contribution in [2.24, 2.45) is 11.3 Å². The quantitative estimate of drug-likeness (QED) is 0.864. The lowest BCUT2D eigenvalue weighted by Crippen LogP contribution is -2.35. The SMILES string of the molecule is COCc1cccc(NC2CC(C)CC(C)(C)C2)c1. The first-order chi connectivity index (χ1) is 8.98. The highest BCUT2D eigenvalue weighted by Gasteiger charge is 2.31. The third kappa shape index (κ3) is 4.24. The van der Waals surface area contributed by atoms with E-state index in [4.69, 9.17) is 4.74 Å². The third-order valence-corrected chi connectivity index (χ3v) is 4.00. The van der Waals surface area contributed by atoms with E-state index in [9.17, 15) is 0 Å². The molecule has 1 aromatic rings. The zero-order valence-electron chi connectivity index (χ0n) is 12.7. The van der Waals surface area contributed by atoms with Gasteiger partial charge in [-0.25, -0.2) is 0 Å². The molecule has 0 aliphatic heterocycles. The second kappa shape index (κ2) is 5.96. The third-order valence-electron chi connectivity index (χ3n) is 4.00. The van der Waals surface area contributed by atoms with Crippen LogP contribution in [0, 0.1) is 11.3 Å². The van der Waals surface area contributed by atoms with Crippen LogP contribution in [-0.4, -0.2) is 13.2 Å². The molecule has 0 saturated heterocycles. The van der Waals surface area contributed by atoms with Gasteiger partial charge in [-0.1, -0.05) is 32.9 Å². The van der Waals surface area contributed by atoms with Gasteiger partial charge in [-0.05, 0) is 48.3 Å². The van der Waals surface area contributed by atoms with Gasteiger partial charge in [0.1, 0.15) is 0 Å². The Labute approximate surface area is 117 Å². The summed E-state index contributed by atoms with van der Waals surface area (Å²) in [6.07, 6.45) is 3.87. The normalized spacial score (nSPS) is 26.1. The molecule has 0 heterocycles. The fourth-order valence-corrected chi connectivity index (χ4v) is 3.61. The van der Waals surface area contributed by atoms with Crippen LogP contribution in [0.4, 0.5) is 5.69 Å². The van der Waals surface area contributed by atoms with Crippen molar-refractivity contribution in [3.63, 3.8) is 0 Å². The smallest absolute Gasteiger partial charge is 0.0713 e. The van der Waals surface area contributed by atoms with Crippen molar-refractivity contribution in [3.8, 4) is 0 Å². The highest BCUT2D eigenvalue weighted by Crippen LogP contribution is 2.39. The molecule has 1 aromatic carbocycles. The number of hydrogen-bond acceptors (Lipinski definition) is 2. The van der Waals surface area contributed by atoms with E-state index in [1.807, 2.05) is 0 Å². The molecular formula is C17H27NO. The highest BCUT2D eigenvalue weighted by molar-refractivity contribution is 5.46. The van der Waals surface area contributed by atoms with Crippen LogP contribution in [0.25, 0.3) is 0 Å². The molecule has 1 fully saturated rings. The summed E-state index contributed by atoms with van der Waals surface area (Å²) in [5.41, 5.74) is 2.92. The Balaban J connectivity index is 2.02. The zero-order valence-corrected chi connectivity index (χ0v) is 12.7. The van der Waals surface area contributed by atoms with Crippen LogP contribution in [-0.2, 0) is 11.3 Å². The summed E-state index contributed by atoms with van der Waals surface area (Å²) in [5, 5.41) is 3.71. The monoisotopic (exact) mass is 261 g/mol. The molecule has 19 heavy (non-hydrogen) atoms. The van der Waals surface area contributed by atoms with Gasteiger partial charge in [0.15, 0.2) is 0 Å². The van der Waals surface area contributed by atoms with Crippen molar-refractivity contribution in [2.75, 3.05) is 12.4 Å². The molecule has 1 aliphatic rings. The minimum Gasteiger partial charge on any atom is -0.382 e. The predicted molar refractivity (Wildman–Crippen MR) is 81.4 cm³/mol. The average Bonchev–Trinajstić information content (AvgIpc) is 2.26. The number of rotatable bonds is 4. The first-order valence-electron chi connectivity index (χ1n) is 7.33. The lowest BCUT2D eigenvalue weighted by molar-refractivity contribution is 0.177. The largest absolute Gasteiger partial charge is 0.382 e. The molecule has 0 radical (unpaired) electrons. The zero-order chi connectivity index (χ0) is 13.9. The van der Waals surface area contributed by atoms with Crippen molar-refractivity contribution < 1.29 is 4.74 Å². The number of ether oxygens (including phenoxy) is 1. The van der Waals surface area contributed by atoms with Gasteiger partial charge in [-0.2, -0.15) is 0 Å². The van der Waals surface area contributed by atoms with Crippen molar-refractivity contribution in [1.29, 1.82) is 0 Å². The molecule has 2 rings (SSSR count). The molecule has 106 valence electrons. The van der Waals surface area contributed by atoms with Crippen LogP contribution in [0.5, 0.6) is 0 Å². The Morgan fingerprint density at radius 1 is 1.32 bits per heavy atom. The van der Waals surface area contributed by atoms with Gasteiger partial charge >= 0.3 is 0 Å². The molecule has 0 amide bonds. The number of benzene rings is 1. The maximum Gasteiger partial charge on any atom is 0.0713 e. The summed E-state index contributed by atoms with van der Waals surface area (Å²) in [5.74, 6) is 0.809. The van der Waals surface area contributed by atoms with E-state index in [1.54, 1.807) is 7.11 Å². The Kier molecular flexibility index (Phi) is 4.51. The van der Waals surface area contributed by atoms with Crippen LogP contribution in [0.1, 0.15) is 45.6 Å². The first kappa shape index (κ1) is 14.4. The number of anilines is 1. The second-order valence-electron chi connectivity index (χ2n) is 6.89. The van der Waals surface area contributed by atoms with Crippen LogP contribution >= 0.6 is 0 Å². The van der Waals surface area contributed by atoms with Crippen LogP contribution in [0.15, 0.2) is 24.3 Å². The van der Waals surface area contributed by atoms with Gasteiger partial charge in [0.05, 0.1) is 6.61 Å². The summed E-state index contributed by atoms with van der Waals surface area (Å²) in [4.78, 5) is 0. The molecule has 2 nitrogen and oxygen atoms in total. The van der Waals surface area contributed by atoms with E-state index in [1.165, 1.54) is 30.5 Å². The molecule has 0 aromatic heterocycles. The Morgan fingerprint density at radius 3 is 2.79 bits per heavy atom. The van der Waals surface area contributed by atoms with Crippen molar-refractivity contribution in [2.45, 2.75) is 52.7 Å².